The van der Waals surface area contributed by atoms with E-state index >= 15 is 0 Å². The Morgan fingerprint density at radius 3 is 1.00 bits per heavy atom. The molecule has 0 aromatic rings. The van der Waals surface area contributed by atoms with E-state index in [9.17, 15) is 0 Å². The molecule has 0 aliphatic heterocycles. The van der Waals surface area contributed by atoms with Crippen LogP contribution in [0.1, 0.15) is 22.7 Å². The van der Waals surface area contributed by atoms with Gasteiger partial charge in [0.2, 0.25) is 0 Å². The predicted octanol–water partition coefficient (Wildman–Crippen LogP) is 2.18. The maximum absolute atomic E-state index is 3.25. The molecule has 0 unspecified atom stereocenters. The van der Waals surface area contributed by atoms with E-state index in [1.165, 1.54) is 0 Å². The third kappa shape index (κ3) is 89.1. The first-order valence-corrected chi connectivity index (χ1v) is 1.41. The van der Waals surface area contributed by atoms with Crippen molar-refractivity contribution < 1.29 is 1.43 Å². The van der Waals surface area contributed by atoms with Gasteiger partial charge in [0, 0.05) is 28.7 Å². The van der Waals surface area contributed by atoms with Gasteiger partial charge in [0.15, 0.2) is 0 Å². The molecule has 0 saturated carbocycles. The molecule has 0 amide bonds. The van der Waals surface area contributed by atoms with Crippen LogP contribution < -0.4 is 0 Å². The van der Waals surface area contributed by atoms with Crippen molar-refractivity contribution in [2.45, 2.75) is 21.3 Å². The second-order valence-corrected chi connectivity index (χ2v) is 0. The monoisotopic (exact) mass is 284 g/mol. The number of rotatable bonds is 0. The Hall–Kier alpha value is 0.922. The fraction of sp³-hybridized carbons (Fsp3) is 0.600. The summed E-state index contributed by atoms with van der Waals surface area (Å²) < 4.78 is 0. The molecule has 40 valence electrons. The topological polar surface area (TPSA) is 0 Å². The van der Waals surface area contributed by atoms with Crippen molar-refractivity contribution in [3.05, 3.63) is 13.8 Å². The predicted molar refractivity (Wildman–Crippen MR) is 36.7 cm³/mol. The van der Waals surface area contributed by atoms with Crippen molar-refractivity contribution >= 4 is 27.3 Å². The SMILES string of the molecule is C.[CH2]C.[CH2]C.[HH].[Pb]. The minimum atomic E-state index is 0. The summed E-state index contributed by atoms with van der Waals surface area (Å²) in [5.41, 5.74) is 0. The summed E-state index contributed by atoms with van der Waals surface area (Å²) in [6, 6.07) is 0. The van der Waals surface area contributed by atoms with Gasteiger partial charge < -0.3 is 0 Å². The molecule has 1 heteroatoms. The minimum Gasteiger partial charge on any atom is -0.0776 e. The van der Waals surface area contributed by atoms with E-state index in [2.05, 4.69) is 13.8 Å². The summed E-state index contributed by atoms with van der Waals surface area (Å²) in [7, 11) is 0. The quantitative estimate of drug-likeness (QED) is 0.598. The zero-order chi connectivity index (χ0) is 4.00. The fourth-order valence-corrected chi connectivity index (χ4v) is 0. The summed E-state index contributed by atoms with van der Waals surface area (Å²) in [6.45, 7) is 10.0. The fourth-order valence-electron chi connectivity index (χ4n) is 0. The first kappa shape index (κ1) is 28.4. The molecular formula is C5H16Pb. The van der Waals surface area contributed by atoms with Crippen molar-refractivity contribution in [2.24, 2.45) is 0 Å². The molecule has 0 N–H and O–H groups in total. The van der Waals surface area contributed by atoms with E-state index in [4.69, 9.17) is 0 Å². The summed E-state index contributed by atoms with van der Waals surface area (Å²) >= 11 is 0. The molecule has 0 nitrogen and oxygen atoms in total. The Morgan fingerprint density at radius 2 is 1.00 bits per heavy atom. The van der Waals surface area contributed by atoms with Crippen molar-refractivity contribution in [1.29, 1.82) is 0 Å². The summed E-state index contributed by atoms with van der Waals surface area (Å²) in [5, 5.41) is 0. The zero-order valence-corrected chi connectivity index (χ0v) is 7.80. The Morgan fingerprint density at radius 1 is 1.00 bits per heavy atom. The van der Waals surface area contributed by atoms with Gasteiger partial charge in [0.25, 0.3) is 0 Å². The van der Waals surface area contributed by atoms with E-state index in [1.54, 1.807) is 13.8 Å². The van der Waals surface area contributed by atoms with Gasteiger partial charge >= 0.3 is 0 Å². The smallest absolute Gasteiger partial charge is 0 e. The number of hydrogen-bond donors (Lipinski definition) is 0. The van der Waals surface area contributed by atoms with Crippen LogP contribution in [0.4, 0.5) is 0 Å². The third-order valence-corrected chi connectivity index (χ3v) is 0. The van der Waals surface area contributed by atoms with Crippen LogP contribution in [0.3, 0.4) is 0 Å². The molecule has 0 rings (SSSR count). The van der Waals surface area contributed by atoms with Crippen LogP contribution in [0.15, 0.2) is 0 Å². The summed E-state index contributed by atoms with van der Waals surface area (Å²) in [4.78, 5) is 0. The van der Waals surface area contributed by atoms with Crippen LogP contribution in [0, 0.1) is 13.8 Å². The average Bonchev–Trinajstić information content (AvgIpc) is 1.50. The first-order valence-electron chi connectivity index (χ1n) is 1.41. The van der Waals surface area contributed by atoms with Gasteiger partial charge in [-0.2, -0.15) is 0 Å². The Balaban J connectivity index is -0.00000000267. The van der Waals surface area contributed by atoms with Gasteiger partial charge in [-0.05, 0) is 0 Å². The van der Waals surface area contributed by atoms with Crippen LogP contribution in [-0.4, -0.2) is 27.3 Å². The molecule has 0 bridgehead atoms. The molecule has 0 heterocycles. The molecule has 0 aliphatic carbocycles. The van der Waals surface area contributed by atoms with E-state index < -0.39 is 0 Å². The van der Waals surface area contributed by atoms with Crippen LogP contribution in [0.25, 0.3) is 0 Å². The molecule has 0 fully saturated rings. The second-order valence-electron chi connectivity index (χ2n) is 0. The van der Waals surface area contributed by atoms with E-state index in [1.807, 2.05) is 0 Å². The van der Waals surface area contributed by atoms with Crippen molar-refractivity contribution in [1.82, 2.24) is 0 Å². The summed E-state index contributed by atoms with van der Waals surface area (Å²) in [6.07, 6.45) is 0. The largest absolute Gasteiger partial charge is 0.0776 e. The minimum absolute atomic E-state index is 0. The number of hydrogen-bond acceptors (Lipinski definition) is 0. The molecule has 0 aliphatic rings. The molecule has 0 atom stereocenters. The van der Waals surface area contributed by atoms with Crippen LogP contribution in [-0.2, 0) is 0 Å². The van der Waals surface area contributed by atoms with Gasteiger partial charge in [-0.1, -0.05) is 35.1 Å². The van der Waals surface area contributed by atoms with Crippen molar-refractivity contribution in [3.8, 4) is 0 Å². The molecule has 0 aromatic heterocycles. The maximum atomic E-state index is 3.25. The third-order valence-electron chi connectivity index (χ3n) is 0. The summed E-state index contributed by atoms with van der Waals surface area (Å²) in [5.74, 6) is 0. The molecule has 0 spiro atoms. The molecule has 6 heavy (non-hydrogen) atoms. The molecular weight excluding hydrogens is 267 g/mol. The van der Waals surface area contributed by atoms with Gasteiger partial charge in [-0.3, -0.25) is 0 Å². The van der Waals surface area contributed by atoms with Gasteiger partial charge in [0.05, 0.1) is 0 Å². The normalized spacial score (nSPS) is 2.00. The maximum Gasteiger partial charge on any atom is 0 e. The van der Waals surface area contributed by atoms with Crippen LogP contribution in [0.5, 0.6) is 0 Å². The average molecular weight is 283 g/mol. The molecule has 0 aromatic carbocycles. The Bertz CT molecular complexity index is 8.04. The van der Waals surface area contributed by atoms with E-state index in [-0.39, 0.29) is 36.2 Å². The van der Waals surface area contributed by atoms with Gasteiger partial charge in [-0.15, -0.1) is 0 Å². The zero-order valence-electron chi connectivity index (χ0n) is 3.91. The second kappa shape index (κ2) is 169. The standard InChI is InChI=1S/2C2H5.CH4.Pb.H2/c2*1-2;;;/h2*1H2,2H3;1H4;;1H. The van der Waals surface area contributed by atoms with Crippen LogP contribution >= 0.6 is 0 Å². The van der Waals surface area contributed by atoms with E-state index in [0.29, 0.717) is 0 Å². The van der Waals surface area contributed by atoms with Crippen molar-refractivity contribution in [3.63, 3.8) is 0 Å². The van der Waals surface area contributed by atoms with Crippen molar-refractivity contribution in [2.75, 3.05) is 0 Å². The molecule has 6 radical (unpaired) electrons. The van der Waals surface area contributed by atoms with Gasteiger partial charge in [0.1, 0.15) is 0 Å². The molecule has 0 saturated heterocycles. The van der Waals surface area contributed by atoms with Crippen LogP contribution in [0.2, 0.25) is 0 Å². The Labute approximate surface area is 64.0 Å². The van der Waals surface area contributed by atoms with E-state index in [0.717, 1.165) is 0 Å². The first-order chi connectivity index (χ1) is 2.00. The Kier molecular flexibility index (Phi) is 800. The van der Waals surface area contributed by atoms with Gasteiger partial charge in [-0.25, -0.2) is 0 Å².